The summed E-state index contributed by atoms with van der Waals surface area (Å²) in [6.07, 6.45) is 4.18. The Bertz CT molecular complexity index is 135. The van der Waals surface area contributed by atoms with E-state index in [9.17, 15) is 0 Å². The Morgan fingerprint density at radius 2 is 2.25 bits per heavy atom. The van der Waals surface area contributed by atoms with Crippen LogP contribution in [-0.2, 0) is 0 Å². The van der Waals surface area contributed by atoms with Gasteiger partial charge in [-0.15, -0.1) is 0 Å². The van der Waals surface area contributed by atoms with Crippen molar-refractivity contribution in [3.63, 3.8) is 0 Å². The minimum atomic E-state index is 0.873. The number of likely N-dealkylation sites (tertiary alicyclic amines) is 1. The monoisotopic (exact) mass is 168 g/mol. The van der Waals surface area contributed by atoms with Gasteiger partial charge in [-0.05, 0) is 25.3 Å². The van der Waals surface area contributed by atoms with E-state index in [1.807, 2.05) is 0 Å². The van der Waals surface area contributed by atoms with E-state index in [0.717, 1.165) is 12.0 Å². The van der Waals surface area contributed by atoms with E-state index in [2.05, 4.69) is 17.1 Å². The molecule has 0 spiro atoms. The van der Waals surface area contributed by atoms with Crippen LogP contribution in [0.1, 0.15) is 26.2 Å². The van der Waals surface area contributed by atoms with Gasteiger partial charge in [0.25, 0.3) is 0 Å². The number of nitrogens with one attached hydrogen (secondary N) is 1. The van der Waals surface area contributed by atoms with E-state index >= 15 is 0 Å². The average Bonchev–Trinajstić information content (AvgIpc) is 2.47. The van der Waals surface area contributed by atoms with Crippen molar-refractivity contribution in [3.8, 4) is 0 Å². The highest BCUT2D eigenvalue weighted by Crippen LogP contribution is 2.24. The van der Waals surface area contributed by atoms with Gasteiger partial charge >= 0.3 is 0 Å². The first-order valence-electron chi connectivity index (χ1n) is 5.35. The van der Waals surface area contributed by atoms with Crippen molar-refractivity contribution in [3.05, 3.63) is 0 Å². The molecule has 0 aliphatic carbocycles. The van der Waals surface area contributed by atoms with Crippen LogP contribution >= 0.6 is 0 Å². The Balaban J connectivity index is 1.66. The molecule has 1 N–H and O–H groups in total. The second-order valence-corrected chi connectivity index (χ2v) is 4.26. The summed E-state index contributed by atoms with van der Waals surface area (Å²) in [5, 5.41) is 3.43. The molecule has 2 saturated heterocycles. The van der Waals surface area contributed by atoms with Crippen molar-refractivity contribution in [2.75, 3.05) is 26.2 Å². The van der Waals surface area contributed by atoms with Gasteiger partial charge < -0.3 is 5.32 Å². The minimum Gasteiger partial charge on any atom is -0.315 e. The van der Waals surface area contributed by atoms with Crippen LogP contribution in [0.2, 0.25) is 0 Å². The van der Waals surface area contributed by atoms with Gasteiger partial charge in [0, 0.05) is 25.7 Å². The highest BCUT2D eigenvalue weighted by Gasteiger charge is 2.32. The molecule has 0 saturated carbocycles. The van der Waals surface area contributed by atoms with Gasteiger partial charge in [-0.3, -0.25) is 4.90 Å². The van der Waals surface area contributed by atoms with Crippen molar-refractivity contribution in [1.29, 1.82) is 0 Å². The standard InChI is InChI=1S/C10H20N2/c1-2-3-9-7-12(8-9)10-4-5-11-6-10/h9-11H,2-8H2,1H3. The highest BCUT2D eigenvalue weighted by atomic mass is 15.2. The molecule has 2 fully saturated rings. The molecular formula is C10H20N2. The summed E-state index contributed by atoms with van der Waals surface area (Å²) < 4.78 is 0. The Hall–Kier alpha value is -0.0800. The molecule has 0 aromatic carbocycles. The van der Waals surface area contributed by atoms with Gasteiger partial charge in [0.15, 0.2) is 0 Å². The molecule has 1 atom stereocenters. The third-order valence-corrected chi connectivity index (χ3v) is 3.23. The molecule has 0 aromatic rings. The summed E-state index contributed by atoms with van der Waals surface area (Å²) in [6.45, 7) is 7.51. The van der Waals surface area contributed by atoms with E-state index in [0.29, 0.717) is 0 Å². The first kappa shape index (κ1) is 8.52. The molecule has 0 amide bonds. The quantitative estimate of drug-likeness (QED) is 0.678. The maximum atomic E-state index is 3.43. The first-order valence-corrected chi connectivity index (χ1v) is 5.35. The van der Waals surface area contributed by atoms with Crippen molar-refractivity contribution in [2.24, 2.45) is 5.92 Å². The molecule has 2 nitrogen and oxygen atoms in total. The van der Waals surface area contributed by atoms with E-state index in [1.54, 1.807) is 0 Å². The molecule has 0 aromatic heterocycles. The van der Waals surface area contributed by atoms with Gasteiger partial charge in [0.2, 0.25) is 0 Å². The molecular weight excluding hydrogens is 148 g/mol. The maximum absolute atomic E-state index is 3.43. The topological polar surface area (TPSA) is 15.3 Å². The van der Waals surface area contributed by atoms with Crippen LogP contribution in [0, 0.1) is 5.92 Å². The molecule has 70 valence electrons. The van der Waals surface area contributed by atoms with Crippen LogP contribution in [0.5, 0.6) is 0 Å². The van der Waals surface area contributed by atoms with Crippen molar-refractivity contribution in [2.45, 2.75) is 32.2 Å². The third kappa shape index (κ3) is 1.64. The van der Waals surface area contributed by atoms with Gasteiger partial charge in [-0.2, -0.15) is 0 Å². The van der Waals surface area contributed by atoms with Crippen LogP contribution < -0.4 is 5.32 Å². The van der Waals surface area contributed by atoms with Crippen LogP contribution in [0.25, 0.3) is 0 Å². The maximum Gasteiger partial charge on any atom is 0.0232 e. The van der Waals surface area contributed by atoms with Crippen LogP contribution in [0.3, 0.4) is 0 Å². The molecule has 2 aliphatic rings. The average molecular weight is 168 g/mol. The molecule has 2 rings (SSSR count). The van der Waals surface area contributed by atoms with Gasteiger partial charge in [-0.25, -0.2) is 0 Å². The summed E-state index contributed by atoms with van der Waals surface area (Å²) in [5.74, 6) is 1.02. The van der Waals surface area contributed by atoms with Crippen LogP contribution in [0.15, 0.2) is 0 Å². The Labute approximate surface area is 75.3 Å². The zero-order valence-electron chi connectivity index (χ0n) is 8.05. The number of rotatable bonds is 3. The largest absolute Gasteiger partial charge is 0.315 e. The second kappa shape index (κ2) is 3.75. The van der Waals surface area contributed by atoms with Crippen molar-refractivity contribution < 1.29 is 0 Å². The SMILES string of the molecule is CCCC1CN(C2CCNC2)C1. The van der Waals surface area contributed by atoms with Gasteiger partial charge in [0.05, 0.1) is 0 Å². The second-order valence-electron chi connectivity index (χ2n) is 4.26. The molecule has 12 heavy (non-hydrogen) atoms. The molecule has 2 aliphatic heterocycles. The molecule has 0 radical (unpaired) electrons. The highest BCUT2D eigenvalue weighted by molar-refractivity contribution is 4.89. The molecule has 0 bridgehead atoms. The summed E-state index contributed by atoms with van der Waals surface area (Å²) in [5.41, 5.74) is 0. The Morgan fingerprint density at radius 1 is 1.42 bits per heavy atom. The van der Waals surface area contributed by atoms with Crippen LogP contribution in [0.4, 0.5) is 0 Å². The summed E-state index contributed by atoms with van der Waals surface area (Å²) in [4.78, 5) is 2.65. The third-order valence-electron chi connectivity index (χ3n) is 3.23. The number of nitrogens with zero attached hydrogens (tertiary/aromatic N) is 1. The zero-order valence-corrected chi connectivity index (χ0v) is 8.05. The molecule has 2 heteroatoms. The van der Waals surface area contributed by atoms with Gasteiger partial charge in [0.1, 0.15) is 0 Å². The van der Waals surface area contributed by atoms with E-state index in [4.69, 9.17) is 0 Å². The van der Waals surface area contributed by atoms with E-state index in [-0.39, 0.29) is 0 Å². The number of hydrogen-bond donors (Lipinski definition) is 1. The Kier molecular flexibility index (Phi) is 2.66. The minimum absolute atomic E-state index is 0.873. The fraction of sp³-hybridized carbons (Fsp3) is 1.00. The van der Waals surface area contributed by atoms with Crippen LogP contribution in [-0.4, -0.2) is 37.1 Å². The lowest BCUT2D eigenvalue weighted by atomic mass is 9.93. The fourth-order valence-corrected chi connectivity index (χ4v) is 2.45. The fourth-order valence-electron chi connectivity index (χ4n) is 2.45. The summed E-state index contributed by atoms with van der Waals surface area (Å²) in [7, 11) is 0. The molecule has 1 unspecified atom stereocenters. The smallest absolute Gasteiger partial charge is 0.0232 e. The number of hydrogen-bond acceptors (Lipinski definition) is 2. The lowest BCUT2D eigenvalue weighted by Crippen LogP contribution is -2.52. The normalized spacial score (nSPS) is 32.2. The lowest BCUT2D eigenvalue weighted by Gasteiger charge is -2.43. The van der Waals surface area contributed by atoms with Crippen molar-refractivity contribution >= 4 is 0 Å². The lowest BCUT2D eigenvalue weighted by molar-refractivity contribution is 0.0555. The van der Waals surface area contributed by atoms with E-state index < -0.39 is 0 Å². The Morgan fingerprint density at radius 3 is 2.83 bits per heavy atom. The predicted molar refractivity (Wildman–Crippen MR) is 51.2 cm³/mol. The van der Waals surface area contributed by atoms with Gasteiger partial charge in [-0.1, -0.05) is 13.3 Å². The zero-order chi connectivity index (χ0) is 8.39. The van der Waals surface area contributed by atoms with E-state index in [1.165, 1.54) is 45.4 Å². The summed E-state index contributed by atoms with van der Waals surface area (Å²) in [6, 6.07) is 0.873. The predicted octanol–water partition coefficient (Wildman–Crippen LogP) is 1.08. The van der Waals surface area contributed by atoms with Crippen molar-refractivity contribution in [1.82, 2.24) is 10.2 Å². The molecule has 2 heterocycles. The first-order chi connectivity index (χ1) is 5.90. The summed E-state index contributed by atoms with van der Waals surface area (Å²) >= 11 is 0.